The first-order valence-electron chi connectivity index (χ1n) is 11.3. The molecule has 15 nitrogen and oxygen atoms in total. The molecule has 0 heterocycles. The Balaban J connectivity index is 2.84. The van der Waals surface area contributed by atoms with Crippen LogP contribution in [0, 0.1) is 0 Å². The van der Waals surface area contributed by atoms with E-state index in [2.05, 4.69) is 16.0 Å². The van der Waals surface area contributed by atoms with Gasteiger partial charge in [-0.2, -0.15) is 0 Å². The molecule has 210 valence electrons. The normalized spacial score (nSPS) is 15.6. The summed E-state index contributed by atoms with van der Waals surface area (Å²) in [5, 5.41) is 53.8. The number of hydrogen-bond donors (Lipinski definition) is 8. The number of rotatable bonds is 17. The standard InChI is InChI=1S/C23H31N3O12/c1-12(21(34)25-14(23(36)37)7-8-18(31)32)24-17(30)11-38-20(19(33)16(29)10-28)15(9-27)26-22(35)13-5-3-2-4-6-13/h2-6,9,12,14-16,19-20,28-29,33H,7-8,10-11H2,1H3,(H,24,30)(H,25,34)(H,26,35)(H,31,32)(H,36,37)/t12-,14+,15-,16+,19+,20+/m0/s1. The lowest BCUT2D eigenvalue weighted by Gasteiger charge is -2.30. The van der Waals surface area contributed by atoms with Gasteiger partial charge in [0.25, 0.3) is 5.91 Å². The third kappa shape index (κ3) is 10.6. The molecule has 0 aliphatic rings. The van der Waals surface area contributed by atoms with Crippen LogP contribution >= 0.6 is 0 Å². The van der Waals surface area contributed by atoms with Gasteiger partial charge in [-0.25, -0.2) is 4.79 Å². The van der Waals surface area contributed by atoms with Crippen molar-refractivity contribution in [2.45, 2.75) is 56.2 Å². The monoisotopic (exact) mass is 541 g/mol. The van der Waals surface area contributed by atoms with Crippen LogP contribution < -0.4 is 16.0 Å². The summed E-state index contributed by atoms with van der Waals surface area (Å²) in [6.45, 7) is -0.612. The van der Waals surface area contributed by atoms with E-state index in [1.54, 1.807) is 18.2 Å². The summed E-state index contributed by atoms with van der Waals surface area (Å²) in [5.41, 5.74) is 0.163. The van der Waals surface area contributed by atoms with Gasteiger partial charge < -0.3 is 51.0 Å². The highest BCUT2D eigenvalue weighted by molar-refractivity contribution is 5.95. The molecule has 6 atom stereocenters. The van der Waals surface area contributed by atoms with Crippen molar-refractivity contribution in [2.75, 3.05) is 13.2 Å². The molecule has 0 fully saturated rings. The molecule has 3 amide bonds. The van der Waals surface area contributed by atoms with Gasteiger partial charge in [-0.1, -0.05) is 18.2 Å². The van der Waals surface area contributed by atoms with E-state index in [1.165, 1.54) is 19.1 Å². The Labute approximate surface area is 216 Å². The smallest absolute Gasteiger partial charge is 0.326 e. The predicted molar refractivity (Wildman–Crippen MR) is 127 cm³/mol. The molecule has 0 aliphatic heterocycles. The summed E-state index contributed by atoms with van der Waals surface area (Å²) in [4.78, 5) is 70.6. The molecule has 8 N–H and O–H groups in total. The van der Waals surface area contributed by atoms with Crippen LogP contribution in [0.5, 0.6) is 0 Å². The third-order valence-electron chi connectivity index (χ3n) is 5.19. The molecule has 0 radical (unpaired) electrons. The molecule has 0 spiro atoms. The number of aldehydes is 1. The van der Waals surface area contributed by atoms with Crippen LogP contribution in [0.25, 0.3) is 0 Å². The number of aliphatic hydroxyl groups is 3. The number of carbonyl (C=O) groups is 6. The van der Waals surface area contributed by atoms with Gasteiger partial charge in [-0.05, 0) is 25.5 Å². The Hall–Kier alpha value is -3.92. The first kappa shape index (κ1) is 32.1. The van der Waals surface area contributed by atoms with Crippen LogP contribution in [-0.2, 0) is 28.7 Å². The minimum Gasteiger partial charge on any atom is -0.481 e. The van der Waals surface area contributed by atoms with Crippen molar-refractivity contribution in [2.24, 2.45) is 0 Å². The van der Waals surface area contributed by atoms with Crippen LogP contribution in [0.2, 0.25) is 0 Å². The second-order valence-electron chi connectivity index (χ2n) is 8.14. The van der Waals surface area contributed by atoms with Crippen molar-refractivity contribution in [3.8, 4) is 0 Å². The highest BCUT2D eigenvalue weighted by Gasteiger charge is 2.35. The molecular formula is C23H31N3O12. The Bertz CT molecular complexity index is 974. The Kier molecular flexibility index (Phi) is 13.5. The Morgan fingerprint density at radius 2 is 1.63 bits per heavy atom. The number of carbonyl (C=O) groups excluding carboxylic acids is 4. The average Bonchev–Trinajstić information content (AvgIpc) is 2.89. The number of benzene rings is 1. The summed E-state index contributed by atoms with van der Waals surface area (Å²) < 4.78 is 5.27. The zero-order valence-electron chi connectivity index (χ0n) is 20.4. The maximum Gasteiger partial charge on any atom is 0.326 e. The van der Waals surface area contributed by atoms with Crippen molar-refractivity contribution >= 4 is 35.9 Å². The number of hydrogen-bond acceptors (Lipinski definition) is 10. The minimum absolute atomic E-state index is 0.163. The Morgan fingerprint density at radius 1 is 1.00 bits per heavy atom. The first-order valence-corrected chi connectivity index (χ1v) is 11.3. The molecule has 0 unspecified atom stereocenters. The van der Waals surface area contributed by atoms with Gasteiger partial charge in [0, 0.05) is 12.0 Å². The molecule has 0 aromatic heterocycles. The molecule has 0 aliphatic carbocycles. The van der Waals surface area contributed by atoms with E-state index in [4.69, 9.17) is 20.1 Å². The number of aliphatic carboxylic acids is 2. The topological polar surface area (TPSA) is 249 Å². The largest absolute Gasteiger partial charge is 0.481 e. The average molecular weight is 542 g/mol. The number of nitrogens with one attached hydrogen (secondary N) is 3. The SMILES string of the molecule is C[C@H](NC(=O)CO[C@@H]([C@H](O)[C@H](O)CO)[C@H](C=O)NC(=O)c1ccccc1)C(=O)N[C@H](CCC(=O)O)C(=O)O. The van der Waals surface area contributed by atoms with E-state index in [1.807, 2.05) is 0 Å². The van der Waals surface area contributed by atoms with E-state index in [-0.39, 0.29) is 11.8 Å². The van der Waals surface area contributed by atoms with Crippen molar-refractivity contribution in [1.29, 1.82) is 0 Å². The highest BCUT2D eigenvalue weighted by atomic mass is 16.5. The van der Waals surface area contributed by atoms with Crippen molar-refractivity contribution in [3.63, 3.8) is 0 Å². The quantitative estimate of drug-likeness (QED) is 0.0920. The van der Waals surface area contributed by atoms with Crippen LogP contribution in [-0.4, -0.2) is 111 Å². The number of carboxylic acid groups (broad SMARTS) is 2. The number of carboxylic acids is 2. The second-order valence-corrected chi connectivity index (χ2v) is 8.14. The van der Waals surface area contributed by atoms with Crippen molar-refractivity contribution in [3.05, 3.63) is 35.9 Å². The van der Waals surface area contributed by atoms with Gasteiger partial charge in [-0.15, -0.1) is 0 Å². The fraction of sp³-hybridized carbons (Fsp3) is 0.478. The maximum atomic E-state index is 12.4. The van der Waals surface area contributed by atoms with Gasteiger partial charge in [0.05, 0.1) is 6.61 Å². The van der Waals surface area contributed by atoms with Crippen LogP contribution in [0.15, 0.2) is 30.3 Å². The first-order chi connectivity index (χ1) is 17.9. The number of amides is 3. The van der Waals surface area contributed by atoms with Gasteiger partial charge in [-0.3, -0.25) is 19.2 Å². The van der Waals surface area contributed by atoms with E-state index in [0.717, 1.165) is 0 Å². The third-order valence-corrected chi connectivity index (χ3v) is 5.19. The fourth-order valence-electron chi connectivity index (χ4n) is 3.10. The van der Waals surface area contributed by atoms with Gasteiger partial charge in [0.2, 0.25) is 11.8 Å². The lowest BCUT2D eigenvalue weighted by molar-refractivity contribution is -0.145. The van der Waals surface area contributed by atoms with Crippen molar-refractivity contribution < 1.29 is 59.0 Å². The fourth-order valence-corrected chi connectivity index (χ4v) is 3.10. The lowest BCUT2D eigenvalue weighted by atomic mass is 10.0. The molecule has 0 bridgehead atoms. The van der Waals surface area contributed by atoms with Crippen molar-refractivity contribution in [1.82, 2.24) is 16.0 Å². The Morgan fingerprint density at radius 3 is 2.16 bits per heavy atom. The molecule has 15 heteroatoms. The van der Waals surface area contributed by atoms with E-state index < -0.39 is 92.2 Å². The molecule has 1 rings (SSSR count). The van der Waals surface area contributed by atoms with Crippen LogP contribution in [0.4, 0.5) is 0 Å². The molecule has 0 saturated heterocycles. The van der Waals surface area contributed by atoms with Gasteiger partial charge >= 0.3 is 11.9 Å². The zero-order valence-corrected chi connectivity index (χ0v) is 20.4. The van der Waals surface area contributed by atoms with Gasteiger partial charge in [0.1, 0.15) is 49.3 Å². The summed E-state index contributed by atoms with van der Waals surface area (Å²) in [7, 11) is 0. The van der Waals surface area contributed by atoms with Gasteiger partial charge in [0.15, 0.2) is 0 Å². The van der Waals surface area contributed by atoms with E-state index in [9.17, 15) is 39.0 Å². The lowest BCUT2D eigenvalue weighted by Crippen LogP contribution is -2.56. The van der Waals surface area contributed by atoms with E-state index in [0.29, 0.717) is 0 Å². The minimum atomic E-state index is -1.93. The predicted octanol–water partition coefficient (Wildman–Crippen LogP) is -2.98. The molecular weight excluding hydrogens is 510 g/mol. The number of ether oxygens (including phenoxy) is 1. The summed E-state index contributed by atoms with van der Waals surface area (Å²) in [5.74, 6) is -5.37. The molecule has 1 aromatic carbocycles. The van der Waals surface area contributed by atoms with Crippen LogP contribution in [0.1, 0.15) is 30.1 Å². The summed E-state index contributed by atoms with van der Waals surface area (Å²) in [6, 6.07) is 3.28. The zero-order chi connectivity index (χ0) is 28.8. The second kappa shape index (κ2) is 16.0. The maximum absolute atomic E-state index is 12.4. The van der Waals surface area contributed by atoms with E-state index >= 15 is 0 Å². The molecule has 1 aromatic rings. The summed E-state index contributed by atoms with van der Waals surface area (Å²) >= 11 is 0. The summed E-state index contributed by atoms with van der Waals surface area (Å²) in [6.07, 6.45) is -6.14. The van der Waals surface area contributed by atoms with Crippen LogP contribution in [0.3, 0.4) is 0 Å². The molecule has 38 heavy (non-hydrogen) atoms. The number of aliphatic hydroxyl groups excluding tert-OH is 3. The molecule has 0 saturated carbocycles. The highest BCUT2D eigenvalue weighted by Crippen LogP contribution is 2.11.